The quantitative estimate of drug-likeness (QED) is 0.911. The Labute approximate surface area is 116 Å². The zero-order chi connectivity index (χ0) is 14.7. The van der Waals surface area contributed by atoms with Gasteiger partial charge < -0.3 is 9.52 Å². The third-order valence-corrected chi connectivity index (χ3v) is 3.26. The number of hydrogen-bond acceptors (Lipinski definition) is 3. The second-order valence-electron chi connectivity index (χ2n) is 4.72. The fraction of sp³-hybridized carbons (Fsp3) is 0.267. The molecule has 5 heteroatoms. The summed E-state index contributed by atoms with van der Waals surface area (Å²) in [5, 5.41) is 8.84. The van der Waals surface area contributed by atoms with Gasteiger partial charge in [0.15, 0.2) is 0 Å². The number of carboxylic acid groups (broad SMARTS) is 1. The minimum Gasteiger partial charge on any atom is -0.475 e. The predicted octanol–water partition coefficient (Wildman–Crippen LogP) is 3.31. The lowest BCUT2D eigenvalue weighted by molar-refractivity contribution is 0.0656. The molecule has 0 aliphatic carbocycles. The number of benzene rings is 1. The molecular weight excluding hydrogens is 261 g/mol. The van der Waals surface area contributed by atoms with Gasteiger partial charge in [-0.3, -0.25) is 4.90 Å². The Hall–Kier alpha value is -2.14. The monoisotopic (exact) mass is 277 g/mol. The van der Waals surface area contributed by atoms with Gasteiger partial charge in [-0.1, -0.05) is 12.1 Å². The van der Waals surface area contributed by atoms with Gasteiger partial charge in [0.25, 0.3) is 0 Å². The van der Waals surface area contributed by atoms with Gasteiger partial charge in [0.1, 0.15) is 11.6 Å². The normalized spacial score (nSPS) is 12.6. The maximum Gasteiger partial charge on any atom is 0.371 e. The van der Waals surface area contributed by atoms with Crippen molar-refractivity contribution in [1.82, 2.24) is 4.90 Å². The molecule has 2 rings (SSSR count). The molecular formula is C15H16FNO3. The van der Waals surface area contributed by atoms with Crippen molar-refractivity contribution in [3.63, 3.8) is 0 Å². The molecule has 2 aromatic rings. The molecule has 0 radical (unpaired) electrons. The summed E-state index contributed by atoms with van der Waals surface area (Å²) in [6, 6.07) is 9.32. The number of halogens is 1. The van der Waals surface area contributed by atoms with Gasteiger partial charge in [-0.2, -0.15) is 0 Å². The summed E-state index contributed by atoms with van der Waals surface area (Å²) in [4.78, 5) is 12.8. The molecule has 1 heterocycles. The maximum atomic E-state index is 12.8. The van der Waals surface area contributed by atoms with Crippen molar-refractivity contribution >= 4 is 5.97 Å². The van der Waals surface area contributed by atoms with Crippen LogP contribution in [0, 0.1) is 5.82 Å². The van der Waals surface area contributed by atoms with E-state index < -0.39 is 5.97 Å². The van der Waals surface area contributed by atoms with Crippen LogP contribution < -0.4 is 0 Å². The fourth-order valence-corrected chi connectivity index (χ4v) is 1.92. The van der Waals surface area contributed by atoms with E-state index >= 15 is 0 Å². The second-order valence-corrected chi connectivity index (χ2v) is 4.72. The summed E-state index contributed by atoms with van der Waals surface area (Å²) < 4.78 is 18.1. The lowest BCUT2D eigenvalue weighted by Gasteiger charge is -2.23. The molecule has 1 aromatic carbocycles. The molecule has 1 N–H and O–H groups in total. The van der Waals surface area contributed by atoms with Crippen LogP contribution in [0.3, 0.4) is 0 Å². The van der Waals surface area contributed by atoms with Gasteiger partial charge >= 0.3 is 5.97 Å². The zero-order valence-corrected chi connectivity index (χ0v) is 11.3. The van der Waals surface area contributed by atoms with Gasteiger partial charge in [0.05, 0.1) is 6.04 Å². The third-order valence-electron chi connectivity index (χ3n) is 3.26. The molecule has 1 atom stereocenters. The number of aromatic carboxylic acids is 1. The van der Waals surface area contributed by atoms with Crippen LogP contribution in [0.5, 0.6) is 0 Å². The Morgan fingerprint density at radius 1 is 1.30 bits per heavy atom. The van der Waals surface area contributed by atoms with Gasteiger partial charge in [0.2, 0.25) is 5.76 Å². The van der Waals surface area contributed by atoms with E-state index in [1.807, 2.05) is 18.9 Å². The van der Waals surface area contributed by atoms with E-state index in [2.05, 4.69) is 0 Å². The van der Waals surface area contributed by atoms with E-state index in [9.17, 15) is 9.18 Å². The summed E-state index contributed by atoms with van der Waals surface area (Å²) in [6.45, 7) is 2.54. The first-order valence-corrected chi connectivity index (χ1v) is 6.25. The number of rotatable bonds is 5. The average molecular weight is 277 g/mol. The van der Waals surface area contributed by atoms with E-state index in [0.717, 1.165) is 5.56 Å². The molecule has 1 aromatic heterocycles. The molecule has 0 saturated carbocycles. The van der Waals surface area contributed by atoms with Crippen LogP contribution in [-0.4, -0.2) is 23.0 Å². The van der Waals surface area contributed by atoms with Crippen LogP contribution in [-0.2, 0) is 6.54 Å². The summed E-state index contributed by atoms with van der Waals surface area (Å²) in [5.74, 6) is -0.819. The highest BCUT2D eigenvalue weighted by Crippen LogP contribution is 2.23. The molecule has 0 bridgehead atoms. The molecule has 20 heavy (non-hydrogen) atoms. The van der Waals surface area contributed by atoms with E-state index in [0.29, 0.717) is 12.3 Å². The first-order chi connectivity index (χ1) is 9.47. The van der Waals surface area contributed by atoms with Crippen LogP contribution >= 0.6 is 0 Å². The average Bonchev–Trinajstić information content (AvgIpc) is 2.90. The molecule has 0 saturated heterocycles. The zero-order valence-electron chi connectivity index (χ0n) is 11.3. The number of carbonyl (C=O) groups is 1. The van der Waals surface area contributed by atoms with Gasteiger partial charge in [0, 0.05) is 6.54 Å². The van der Waals surface area contributed by atoms with E-state index in [-0.39, 0.29) is 17.6 Å². The maximum absolute atomic E-state index is 12.8. The van der Waals surface area contributed by atoms with Crippen molar-refractivity contribution in [2.45, 2.75) is 19.5 Å². The van der Waals surface area contributed by atoms with E-state index in [1.54, 1.807) is 18.2 Å². The summed E-state index contributed by atoms with van der Waals surface area (Å²) in [7, 11) is 1.90. The van der Waals surface area contributed by atoms with Crippen LogP contribution in [0.25, 0.3) is 0 Å². The lowest BCUT2D eigenvalue weighted by Crippen LogP contribution is -2.21. The molecule has 0 amide bonds. The van der Waals surface area contributed by atoms with Crippen LogP contribution in [0.2, 0.25) is 0 Å². The molecule has 1 unspecified atom stereocenters. The first kappa shape index (κ1) is 14.3. The Kier molecular flexibility index (Phi) is 4.20. The summed E-state index contributed by atoms with van der Waals surface area (Å²) in [5.41, 5.74) is 0.978. The van der Waals surface area contributed by atoms with Crippen LogP contribution in [0.15, 0.2) is 40.8 Å². The van der Waals surface area contributed by atoms with Crippen molar-refractivity contribution in [1.29, 1.82) is 0 Å². The SMILES string of the molecule is CC(c1ccc(C(=O)O)o1)N(C)Cc1ccc(F)cc1. The second kappa shape index (κ2) is 5.88. The van der Waals surface area contributed by atoms with Gasteiger partial charge in [-0.05, 0) is 43.8 Å². The van der Waals surface area contributed by atoms with Gasteiger partial charge in [-0.15, -0.1) is 0 Å². The standard InChI is InChI=1S/C15H16FNO3/c1-10(13-7-8-14(20-13)15(18)19)17(2)9-11-3-5-12(16)6-4-11/h3-8,10H,9H2,1-2H3,(H,18,19). The largest absolute Gasteiger partial charge is 0.475 e. The van der Waals surface area contributed by atoms with E-state index in [1.165, 1.54) is 18.2 Å². The number of carboxylic acids is 1. The minimum atomic E-state index is -1.08. The number of furan rings is 1. The number of hydrogen-bond donors (Lipinski definition) is 1. The Bertz CT molecular complexity index is 591. The summed E-state index contributed by atoms with van der Waals surface area (Å²) in [6.07, 6.45) is 0. The van der Waals surface area contributed by atoms with Crippen molar-refractivity contribution in [3.8, 4) is 0 Å². The Balaban J connectivity index is 2.05. The Morgan fingerprint density at radius 3 is 2.50 bits per heavy atom. The van der Waals surface area contributed by atoms with E-state index in [4.69, 9.17) is 9.52 Å². The molecule has 0 spiro atoms. The highest BCUT2D eigenvalue weighted by atomic mass is 19.1. The number of nitrogens with zero attached hydrogens (tertiary/aromatic N) is 1. The first-order valence-electron chi connectivity index (χ1n) is 6.25. The lowest BCUT2D eigenvalue weighted by atomic mass is 10.1. The van der Waals surface area contributed by atoms with Crippen molar-refractivity contribution in [2.75, 3.05) is 7.05 Å². The topological polar surface area (TPSA) is 53.7 Å². The van der Waals surface area contributed by atoms with Crippen molar-refractivity contribution in [2.24, 2.45) is 0 Å². The smallest absolute Gasteiger partial charge is 0.371 e. The minimum absolute atomic E-state index is 0.0676. The molecule has 0 fully saturated rings. The third kappa shape index (κ3) is 3.24. The highest BCUT2D eigenvalue weighted by molar-refractivity contribution is 5.84. The van der Waals surface area contributed by atoms with Crippen molar-refractivity contribution in [3.05, 3.63) is 59.3 Å². The Morgan fingerprint density at radius 2 is 1.95 bits per heavy atom. The summed E-state index contributed by atoms with van der Waals surface area (Å²) >= 11 is 0. The molecule has 0 aliphatic rings. The molecule has 4 nitrogen and oxygen atoms in total. The molecule has 106 valence electrons. The van der Waals surface area contributed by atoms with Crippen LogP contribution in [0.4, 0.5) is 4.39 Å². The van der Waals surface area contributed by atoms with Gasteiger partial charge in [-0.25, -0.2) is 9.18 Å². The fourth-order valence-electron chi connectivity index (χ4n) is 1.92. The highest BCUT2D eigenvalue weighted by Gasteiger charge is 2.18. The molecule has 0 aliphatic heterocycles. The van der Waals surface area contributed by atoms with Crippen LogP contribution in [0.1, 0.15) is 34.8 Å². The van der Waals surface area contributed by atoms with Crippen molar-refractivity contribution < 1.29 is 18.7 Å². The predicted molar refractivity (Wildman–Crippen MR) is 71.9 cm³/mol.